The number of anilines is 1. The van der Waals surface area contributed by atoms with Crippen LogP contribution in [0, 0.1) is 12.3 Å². The van der Waals surface area contributed by atoms with Gasteiger partial charge in [0.25, 0.3) is 0 Å². The maximum atomic E-state index is 11.9. The molecule has 0 amide bonds. The molecule has 3 aromatic rings. The van der Waals surface area contributed by atoms with Crippen molar-refractivity contribution in [3.63, 3.8) is 0 Å². The molecule has 1 N–H and O–H groups in total. The molecule has 0 atom stereocenters. The van der Waals surface area contributed by atoms with Crippen LogP contribution in [0.1, 0.15) is 35.8 Å². The molecule has 0 aliphatic carbocycles. The summed E-state index contributed by atoms with van der Waals surface area (Å²) in [4.78, 5) is 23.3. The fraction of sp³-hybridized carbons (Fsp3) is 0.375. The monoisotopic (exact) mass is 403 g/mol. The summed E-state index contributed by atoms with van der Waals surface area (Å²) >= 11 is 0. The van der Waals surface area contributed by atoms with Gasteiger partial charge in [-0.1, -0.05) is 13.0 Å². The van der Waals surface area contributed by atoms with Gasteiger partial charge in [-0.2, -0.15) is 0 Å². The van der Waals surface area contributed by atoms with Gasteiger partial charge in [-0.05, 0) is 75.3 Å². The zero-order valence-corrected chi connectivity index (χ0v) is 18.1. The molecule has 0 spiro atoms. The van der Waals surface area contributed by atoms with Gasteiger partial charge in [0, 0.05) is 36.1 Å². The molecule has 6 nitrogen and oxygen atoms in total. The normalized spacial score (nSPS) is 17.3. The number of hydrogen-bond acceptors (Lipinski definition) is 4. The van der Waals surface area contributed by atoms with Crippen LogP contribution in [0.4, 0.5) is 5.69 Å². The van der Waals surface area contributed by atoms with Crippen molar-refractivity contribution in [1.82, 2.24) is 14.3 Å². The average molecular weight is 404 g/mol. The SMILES string of the molecule is CN=C(Nc1ccc(-c2ccc3nc(C)cn3c2)cc1C=O)C1(C)CCN(C)CC1. The molecule has 1 aliphatic heterocycles. The molecular weight excluding hydrogens is 374 g/mol. The number of aliphatic imine (C=N–C) groups is 1. The van der Waals surface area contributed by atoms with Crippen LogP contribution in [0.15, 0.2) is 47.7 Å². The van der Waals surface area contributed by atoms with Gasteiger partial charge in [0.2, 0.25) is 0 Å². The second-order valence-electron chi connectivity index (χ2n) is 8.55. The quantitative estimate of drug-likeness (QED) is 0.401. The molecule has 156 valence electrons. The minimum Gasteiger partial charge on any atom is -0.343 e. The first-order valence-electron chi connectivity index (χ1n) is 10.4. The van der Waals surface area contributed by atoms with Gasteiger partial charge in [0.1, 0.15) is 11.5 Å². The smallest absolute Gasteiger partial charge is 0.152 e. The van der Waals surface area contributed by atoms with Gasteiger partial charge in [0.15, 0.2) is 6.29 Å². The van der Waals surface area contributed by atoms with Crippen molar-refractivity contribution < 1.29 is 4.79 Å². The topological polar surface area (TPSA) is 62.0 Å². The summed E-state index contributed by atoms with van der Waals surface area (Å²) in [6.45, 7) is 6.34. The van der Waals surface area contributed by atoms with E-state index >= 15 is 0 Å². The number of nitrogens with one attached hydrogen (secondary N) is 1. The number of benzene rings is 1. The predicted octanol–water partition coefficient (Wildman–Crippen LogP) is 4.29. The largest absolute Gasteiger partial charge is 0.343 e. The predicted molar refractivity (Wildman–Crippen MR) is 123 cm³/mol. The Hall–Kier alpha value is -2.99. The first-order valence-corrected chi connectivity index (χ1v) is 10.4. The number of likely N-dealkylation sites (tertiary alicyclic amines) is 1. The number of rotatable bonds is 4. The number of aldehydes is 1. The Morgan fingerprint density at radius 2 is 1.90 bits per heavy atom. The molecule has 4 rings (SSSR count). The Morgan fingerprint density at radius 3 is 2.60 bits per heavy atom. The van der Waals surface area contributed by atoms with E-state index in [9.17, 15) is 4.79 Å². The number of aromatic nitrogens is 2. The van der Waals surface area contributed by atoms with Crippen LogP contribution in [0.2, 0.25) is 0 Å². The molecule has 1 saturated heterocycles. The molecule has 6 heteroatoms. The van der Waals surface area contributed by atoms with Crippen molar-refractivity contribution in [2.24, 2.45) is 10.4 Å². The Balaban J connectivity index is 1.62. The lowest BCUT2D eigenvalue weighted by molar-refractivity contribution is 0.112. The zero-order valence-electron chi connectivity index (χ0n) is 18.1. The third-order valence-corrected chi connectivity index (χ3v) is 6.22. The summed E-state index contributed by atoms with van der Waals surface area (Å²) in [5, 5.41) is 3.47. The van der Waals surface area contributed by atoms with Crippen LogP contribution in [0.3, 0.4) is 0 Å². The van der Waals surface area contributed by atoms with Crippen LogP contribution < -0.4 is 5.32 Å². The van der Waals surface area contributed by atoms with Gasteiger partial charge in [-0.15, -0.1) is 0 Å². The van der Waals surface area contributed by atoms with Crippen molar-refractivity contribution in [2.45, 2.75) is 26.7 Å². The third kappa shape index (κ3) is 3.87. The van der Waals surface area contributed by atoms with Crippen LogP contribution in [-0.2, 0) is 0 Å². The summed E-state index contributed by atoms with van der Waals surface area (Å²) in [5.74, 6) is 0.946. The van der Waals surface area contributed by atoms with E-state index < -0.39 is 0 Å². The van der Waals surface area contributed by atoms with Crippen molar-refractivity contribution >= 4 is 23.5 Å². The minimum atomic E-state index is -0.00952. The number of pyridine rings is 1. The highest BCUT2D eigenvalue weighted by atomic mass is 16.1. The highest BCUT2D eigenvalue weighted by Crippen LogP contribution is 2.34. The van der Waals surface area contributed by atoms with E-state index in [1.807, 2.05) is 61.1 Å². The Morgan fingerprint density at radius 1 is 1.17 bits per heavy atom. The number of amidine groups is 1. The number of imidazole rings is 1. The molecule has 2 aromatic heterocycles. The number of piperidine rings is 1. The summed E-state index contributed by atoms with van der Waals surface area (Å²) in [6, 6.07) is 10.00. The van der Waals surface area contributed by atoms with Crippen molar-refractivity contribution in [2.75, 3.05) is 32.5 Å². The molecule has 30 heavy (non-hydrogen) atoms. The Bertz CT molecular complexity index is 1110. The van der Waals surface area contributed by atoms with E-state index in [1.54, 1.807) is 0 Å². The third-order valence-electron chi connectivity index (χ3n) is 6.22. The summed E-state index contributed by atoms with van der Waals surface area (Å²) in [7, 11) is 3.98. The lowest BCUT2D eigenvalue weighted by Crippen LogP contribution is -2.43. The van der Waals surface area contributed by atoms with Crippen LogP contribution in [-0.4, -0.2) is 53.6 Å². The molecule has 1 aliphatic rings. The number of carbonyl (C=O) groups is 1. The lowest BCUT2D eigenvalue weighted by Gasteiger charge is -2.39. The van der Waals surface area contributed by atoms with Gasteiger partial charge in [-0.25, -0.2) is 4.98 Å². The second kappa shape index (κ2) is 8.03. The summed E-state index contributed by atoms with van der Waals surface area (Å²) in [6.07, 6.45) is 7.05. The van der Waals surface area contributed by atoms with Crippen molar-refractivity contribution in [3.8, 4) is 11.1 Å². The molecule has 1 aromatic carbocycles. The number of hydrogen-bond donors (Lipinski definition) is 1. The first-order chi connectivity index (χ1) is 14.4. The molecule has 0 radical (unpaired) electrons. The highest BCUT2D eigenvalue weighted by Gasteiger charge is 2.34. The van der Waals surface area contributed by atoms with E-state index in [1.165, 1.54) is 0 Å². The maximum absolute atomic E-state index is 11.9. The van der Waals surface area contributed by atoms with E-state index in [0.29, 0.717) is 5.56 Å². The van der Waals surface area contributed by atoms with Gasteiger partial charge < -0.3 is 14.6 Å². The Labute approximate surface area is 177 Å². The highest BCUT2D eigenvalue weighted by molar-refractivity contribution is 6.03. The van der Waals surface area contributed by atoms with E-state index in [0.717, 1.165) is 66.2 Å². The lowest BCUT2D eigenvalue weighted by atomic mass is 9.79. The fourth-order valence-corrected chi connectivity index (χ4v) is 4.20. The number of nitrogens with zero attached hydrogens (tertiary/aromatic N) is 4. The van der Waals surface area contributed by atoms with Gasteiger partial charge in [-0.3, -0.25) is 9.79 Å². The maximum Gasteiger partial charge on any atom is 0.152 e. The number of aryl methyl sites for hydroxylation is 1. The minimum absolute atomic E-state index is 0.00952. The van der Waals surface area contributed by atoms with Gasteiger partial charge >= 0.3 is 0 Å². The first kappa shape index (κ1) is 20.3. The number of fused-ring (bicyclic) bond motifs is 1. The number of carbonyl (C=O) groups excluding carboxylic acids is 1. The molecule has 0 bridgehead atoms. The summed E-state index contributed by atoms with van der Waals surface area (Å²) in [5.41, 5.74) is 5.36. The zero-order chi connectivity index (χ0) is 21.3. The van der Waals surface area contributed by atoms with Crippen LogP contribution in [0.25, 0.3) is 16.8 Å². The van der Waals surface area contributed by atoms with E-state index in [4.69, 9.17) is 0 Å². The van der Waals surface area contributed by atoms with Gasteiger partial charge in [0.05, 0.1) is 5.69 Å². The van der Waals surface area contributed by atoms with E-state index in [2.05, 4.69) is 34.2 Å². The molecular formula is C24H29N5O. The molecule has 1 fully saturated rings. The second-order valence-corrected chi connectivity index (χ2v) is 8.55. The van der Waals surface area contributed by atoms with E-state index in [-0.39, 0.29) is 5.41 Å². The molecule has 0 saturated carbocycles. The summed E-state index contributed by atoms with van der Waals surface area (Å²) < 4.78 is 2.01. The molecule has 0 unspecified atom stereocenters. The average Bonchev–Trinajstić information content (AvgIpc) is 3.13. The van der Waals surface area contributed by atoms with Crippen molar-refractivity contribution in [3.05, 3.63) is 54.0 Å². The van der Waals surface area contributed by atoms with Crippen molar-refractivity contribution in [1.29, 1.82) is 0 Å². The van der Waals surface area contributed by atoms with Crippen LogP contribution in [0.5, 0.6) is 0 Å². The van der Waals surface area contributed by atoms with Crippen LogP contribution >= 0.6 is 0 Å². The standard InChI is InChI=1S/C24H29N5O/c1-17-14-29-15-19(6-8-22(29)26-17)18-5-7-21(20(13-18)16-30)27-23(25-3)24(2)9-11-28(4)12-10-24/h5-8,13-16H,9-12H2,1-4H3,(H,25,27). The fourth-order valence-electron chi connectivity index (χ4n) is 4.20. The Kier molecular flexibility index (Phi) is 5.43. The molecule has 3 heterocycles.